The molecule has 4 heterocycles. The van der Waals surface area contributed by atoms with E-state index in [1.807, 2.05) is 0 Å². The van der Waals surface area contributed by atoms with Gasteiger partial charge in [0.15, 0.2) is 0 Å². The molecule has 4 unspecified atom stereocenters. The summed E-state index contributed by atoms with van der Waals surface area (Å²) in [7, 11) is 0. The lowest BCUT2D eigenvalue weighted by Crippen LogP contribution is -2.25. The molecule has 4 aromatic carbocycles. The maximum absolute atomic E-state index is 12.7. The number of ether oxygens (including phenoxy) is 10. The molecule has 4 atom stereocenters. The Balaban J connectivity index is 1.50. The number of halogens is 2. The molecule has 14 heteroatoms. The van der Waals surface area contributed by atoms with E-state index < -0.39 is 11.9 Å². The smallest absolute Gasteiger partial charge is 0.302 e. The molecule has 4 aromatic rings. The number of esters is 2. The SMILES string of the molecule is CCCC1c2cc3c4c(CBr)c2OCOc2c1cc1c(c2COC(C)=O)OCOc2c(cc5c(c2CBr)OCOc2c(cc(c(c2COC(C)=O)OCO4)C3CCC)C5CCC)C1CCC. The zero-order chi connectivity index (χ0) is 46.2. The number of hydrogen-bond acceptors (Lipinski definition) is 12. The first-order valence-electron chi connectivity index (χ1n) is 23.4. The molecule has 0 radical (unpaired) electrons. The highest BCUT2D eigenvalue weighted by Crippen LogP contribution is 2.58. The van der Waals surface area contributed by atoms with Crippen molar-refractivity contribution in [1.29, 1.82) is 0 Å². The van der Waals surface area contributed by atoms with Gasteiger partial charge in [0.2, 0.25) is 27.2 Å². The fourth-order valence-corrected chi connectivity index (χ4v) is 12.0. The molecular formula is C52H58Br2O12. The Labute approximate surface area is 403 Å². The minimum atomic E-state index is -0.415. The molecule has 5 aliphatic rings. The van der Waals surface area contributed by atoms with Crippen LogP contribution in [0, 0.1) is 0 Å². The summed E-state index contributed by atoms with van der Waals surface area (Å²) in [6.45, 7) is 11.0. The Bertz CT molecular complexity index is 2230. The molecule has 352 valence electrons. The van der Waals surface area contributed by atoms with Crippen LogP contribution in [-0.2, 0) is 42.9 Å². The fraction of sp³-hybridized carbons (Fsp3) is 0.500. The fourth-order valence-electron chi connectivity index (χ4n) is 10.9. The molecule has 0 fully saturated rings. The molecule has 9 rings (SSSR count). The summed E-state index contributed by atoms with van der Waals surface area (Å²) < 4.78 is 65.7. The lowest BCUT2D eigenvalue weighted by molar-refractivity contribution is -0.143. The van der Waals surface area contributed by atoms with Crippen LogP contribution in [0.25, 0.3) is 0 Å². The molecule has 66 heavy (non-hydrogen) atoms. The molecule has 4 aliphatic heterocycles. The largest absolute Gasteiger partial charge is 0.461 e. The van der Waals surface area contributed by atoms with Crippen LogP contribution in [0.4, 0.5) is 0 Å². The Morgan fingerprint density at radius 1 is 0.424 bits per heavy atom. The molecular weight excluding hydrogens is 976 g/mol. The Morgan fingerprint density at radius 2 is 0.636 bits per heavy atom. The van der Waals surface area contributed by atoms with Gasteiger partial charge >= 0.3 is 11.9 Å². The molecule has 0 saturated heterocycles. The van der Waals surface area contributed by atoms with Gasteiger partial charge in [-0.1, -0.05) is 85.2 Å². The van der Waals surface area contributed by atoms with Crippen molar-refractivity contribution in [3.8, 4) is 46.0 Å². The van der Waals surface area contributed by atoms with Gasteiger partial charge in [-0.05, 0) is 49.9 Å². The van der Waals surface area contributed by atoms with Gasteiger partial charge in [-0.25, -0.2) is 0 Å². The lowest BCUT2D eigenvalue weighted by Gasteiger charge is -2.37. The topological polar surface area (TPSA) is 126 Å². The Hall–Kier alpha value is -4.82. The van der Waals surface area contributed by atoms with Crippen LogP contribution in [0.15, 0.2) is 24.3 Å². The summed E-state index contributed by atoms with van der Waals surface area (Å²) >= 11 is 7.75. The van der Waals surface area contributed by atoms with E-state index in [-0.39, 0.29) is 64.1 Å². The van der Waals surface area contributed by atoms with Crippen molar-refractivity contribution in [2.45, 2.75) is 140 Å². The highest BCUT2D eigenvalue weighted by Gasteiger charge is 2.41. The predicted octanol–water partition coefficient (Wildman–Crippen LogP) is 12.6. The molecule has 0 saturated carbocycles. The number of rotatable bonds is 14. The predicted molar refractivity (Wildman–Crippen MR) is 253 cm³/mol. The summed E-state index contributed by atoms with van der Waals surface area (Å²) in [4.78, 5) is 25.3. The maximum Gasteiger partial charge on any atom is 0.302 e. The monoisotopic (exact) mass is 1030 g/mol. The number of alkyl halides is 2. The lowest BCUT2D eigenvalue weighted by atomic mass is 9.74. The van der Waals surface area contributed by atoms with Crippen molar-refractivity contribution >= 4 is 43.8 Å². The first-order chi connectivity index (χ1) is 32.2. The average Bonchev–Trinajstić information content (AvgIpc) is 3.28. The van der Waals surface area contributed by atoms with Crippen LogP contribution in [-0.4, -0.2) is 39.1 Å². The third kappa shape index (κ3) is 8.11. The zero-order valence-corrected chi connectivity index (χ0v) is 41.8. The van der Waals surface area contributed by atoms with E-state index >= 15 is 0 Å². The van der Waals surface area contributed by atoms with E-state index in [4.69, 9.17) is 47.4 Å². The van der Waals surface area contributed by atoms with E-state index in [0.29, 0.717) is 67.8 Å². The van der Waals surface area contributed by atoms with Gasteiger partial charge in [0.25, 0.3) is 0 Å². The van der Waals surface area contributed by atoms with Gasteiger partial charge in [-0.3, -0.25) is 9.59 Å². The number of hydrogen-bond donors (Lipinski definition) is 0. The second-order valence-corrected chi connectivity index (χ2v) is 18.7. The minimum absolute atomic E-state index is 0.0688. The highest BCUT2D eigenvalue weighted by atomic mass is 79.9. The Kier molecular flexibility index (Phi) is 13.9. The Morgan fingerprint density at radius 3 is 0.818 bits per heavy atom. The maximum atomic E-state index is 12.7. The zero-order valence-electron chi connectivity index (χ0n) is 38.6. The number of benzene rings is 4. The van der Waals surface area contributed by atoms with E-state index in [0.717, 1.165) is 107 Å². The first kappa shape index (κ1) is 46.3. The van der Waals surface area contributed by atoms with E-state index in [9.17, 15) is 9.59 Å². The molecule has 0 aromatic heterocycles. The van der Waals surface area contributed by atoms with Crippen molar-refractivity contribution in [2.75, 3.05) is 27.2 Å². The van der Waals surface area contributed by atoms with Crippen molar-refractivity contribution in [3.05, 3.63) is 91.0 Å². The average molecular weight is 1030 g/mol. The minimum Gasteiger partial charge on any atom is -0.461 e. The highest BCUT2D eigenvalue weighted by molar-refractivity contribution is 9.08. The van der Waals surface area contributed by atoms with Crippen molar-refractivity contribution in [2.24, 2.45) is 0 Å². The quantitative estimate of drug-likeness (QED) is 0.0881. The summed E-state index contributed by atoms with van der Waals surface area (Å²) in [6, 6.07) is 9.16. The molecule has 0 N–H and O–H groups in total. The number of carbonyl (C=O) groups excluding carboxylic acids is 2. The molecule has 12 nitrogen and oxygen atoms in total. The van der Waals surface area contributed by atoms with Crippen molar-refractivity contribution in [1.82, 2.24) is 0 Å². The molecule has 0 amide bonds. The first-order valence-corrected chi connectivity index (χ1v) is 25.6. The van der Waals surface area contributed by atoms with Crippen molar-refractivity contribution < 1.29 is 57.0 Å². The van der Waals surface area contributed by atoms with Crippen molar-refractivity contribution in [3.63, 3.8) is 0 Å². The normalized spacial score (nSPS) is 19.3. The number of carbonyl (C=O) groups is 2. The van der Waals surface area contributed by atoms with E-state index in [1.165, 1.54) is 13.8 Å². The van der Waals surface area contributed by atoms with Gasteiger partial charge in [-0.15, -0.1) is 0 Å². The van der Waals surface area contributed by atoms with Gasteiger partial charge < -0.3 is 47.4 Å². The summed E-state index contributed by atoms with van der Waals surface area (Å²) in [5.74, 6) is 3.38. The van der Waals surface area contributed by atoms with Crippen LogP contribution in [0.1, 0.15) is 183 Å². The summed E-state index contributed by atoms with van der Waals surface area (Å²) in [5, 5.41) is 0.878. The van der Waals surface area contributed by atoms with Gasteiger partial charge in [0.1, 0.15) is 59.2 Å². The van der Waals surface area contributed by atoms with Gasteiger partial charge in [0.05, 0.1) is 11.1 Å². The summed E-state index contributed by atoms with van der Waals surface area (Å²) in [5.41, 5.74) is 10.9. The third-order valence-corrected chi connectivity index (χ3v) is 14.7. The van der Waals surface area contributed by atoms with Gasteiger partial charge in [-0.2, -0.15) is 0 Å². The third-order valence-electron chi connectivity index (χ3n) is 13.6. The second kappa shape index (κ2) is 19.8. The van der Waals surface area contributed by atoms with Crippen LogP contribution < -0.4 is 37.9 Å². The van der Waals surface area contributed by atoms with Crippen LogP contribution in [0.5, 0.6) is 46.0 Å². The second-order valence-electron chi connectivity index (χ2n) is 17.6. The van der Waals surface area contributed by atoms with Crippen LogP contribution in [0.3, 0.4) is 0 Å². The molecule has 1 aliphatic carbocycles. The molecule has 0 spiro atoms. The van der Waals surface area contributed by atoms with Gasteiger partial charge in [0, 0.05) is 104 Å². The molecule has 8 bridgehead atoms. The summed E-state index contributed by atoms with van der Waals surface area (Å²) in [6.07, 6.45) is 6.42. The van der Waals surface area contributed by atoms with E-state index in [2.05, 4.69) is 83.8 Å². The standard InChI is InChI=1S/C52H58Br2O12/c1-7-11-29-33-15-34-30(12-8-2)39-18-40-32(14-10-4)36-16-35-31(13-9-3)38-17-37(29)49-43(21-57-27(5)55)50(38)64-25-61-47(35)42(20-54)48(36)62-26-66-52(40)44(22-58-28(6)56)51(39)65-24-60-46(34)41(19-53)45(33)59-23-63-49/h15-18,29-32H,7-14,19-26H2,1-6H3. The van der Waals surface area contributed by atoms with E-state index in [1.54, 1.807) is 0 Å². The van der Waals surface area contributed by atoms with Crippen LogP contribution >= 0.6 is 31.9 Å². The van der Waals surface area contributed by atoms with Crippen LogP contribution in [0.2, 0.25) is 0 Å².